The first-order chi connectivity index (χ1) is 11.7. The molecule has 1 aliphatic heterocycles. The molecule has 1 amide bonds. The number of hydrogen-bond donors (Lipinski definition) is 2. The van der Waals surface area contributed by atoms with Gasteiger partial charge in [-0.1, -0.05) is 30.3 Å². The van der Waals surface area contributed by atoms with E-state index in [4.69, 9.17) is 5.73 Å². The molecule has 0 bridgehead atoms. The lowest BCUT2D eigenvalue weighted by atomic mass is 10.0. The number of carbonyl (C=O) groups is 2. The summed E-state index contributed by atoms with van der Waals surface area (Å²) in [5.41, 5.74) is 7.73. The Labute approximate surface area is 141 Å². The predicted octanol–water partition coefficient (Wildman–Crippen LogP) is 2.06. The summed E-state index contributed by atoms with van der Waals surface area (Å²) in [7, 11) is 0. The van der Waals surface area contributed by atoms with Gasteiger partial charge in [-0.3, -0.25) is 9.59 Å². The van der Waals surface area contributed by atoms with E-state index in [1.54, 1.807) is 0 Å². The zero-order valence-corrected chi connectivity index (χ0v) is 13.7. The van der Waals surface area contributed by atoms with Crippen LogP contribution in [0.3, 0.4) is 0 Å². The zero-order valence-electron chi connectivity index (χ0n) is 13.7. The first kappa shape index (κ1) is 16.5. The van der Waals surface area contributed by atoms with Crippen molar-refractivity contribution in [1.82, 2.24) is 9.88 Å². The Balaban J connectivity index is 1.71. The Morgan fingerprint density at radius 2 is 1.92 bits per heavy atom. The van der Waals surface area contributed by atoms with E-state index >= 15 is 0 Å². The van der Waals surface area contributed by atoms with E-state index in [0.29, 0.717) is 30.9 Å². The fourth-order valence-corrected chi connectivity index (χ4v) is 3.25. The summed E-state index contributed by atoms with van der Waals surface area (Å²) in [6, 6.07) is 13.0. The van der Waals surface area contributed by atoms with E-state index in [2.05, 4.69) is 5.32 Å². The minimum absolute atomic E-state index is 0.00542. The number of hydrogen-bond acceptors (Lipinski definition) is 3. The summed E-state index contributed by atoms with van der Waals surface area (Å²) in [6.07, 6.45) is 2.55. The van der Waals surface area contributed by atoms with Crippen LogP contribution in [-0.2, 0) is 11.3 Å². The van der Waals surface area contributed by atoms with Crippen molar-refractivity contribution in [3.63, 3.8) is 0 Å². The average Bonchev–Trinajstić information content (AvgIpc) is 3.20. The fourth-order valence-electron chi connectivity index (χ4n) is 3.25. The van der Waals surface area contributed by atoms with Gasteiger partial charge in [-0.2, -0.15) is 0 Å². The van der Waals surface area contributed by atoms with Crippen LogP contribution in [0.5, 0.6) is 0 Å². The molecule has 1 aromatic heterocycles. The molecule has 1 aliphatic rings. The first-order valence-corrected chi connectivity index (χ1v) is 8.49. The van der Waals surface area contributed by atoms with Gasteiger partial charge in [0.05, 0.1) is 11.6 Å². The van der Waals surface area contributed by atoms with Gasteiger partial charge in [0.1, 0.15) is 0 Å². The van der Waals surface area contributed by atoms with Gasteiger partial charge in [-0.05, 0) is 37.9 Å². The lowest BCUT2D eigenvalue weighted by molar-refractivity contribution is -0.122. The highest BCUT2D eigenvalue weighted by Gasteiger charge is 2.31. The highest BCUT2D eigenvalue weighted by molar-refractivity contribution is 6.08. The third-order valence-corrected chi connectivity index (χ3v) is 4.53. The van der Waals surface area contributed by atoms with E-state index in [1.807, 2.05) is 47.0 Å². The fraction of sp³-hybridized carbons (Fsp3) is 0.368. The molecule has 2 aromatic rings. The highest BCUT2D eigenvalue weighted by Crippen LogP contribution is 2.31. The lowest BCUT2D eigenvalue weighted by Gasteiger charge is -2.10. The number of fused-ring (bicyclic) bond motifs is 1. The summed E-state index contributed by atoms with van der Waals surface area (Å²) in [5.74, 6) is -0.117. The molecule has 3 rings (SSSR count). The molecule has 126 valence electrons. The van der Waals surface area contributed by atoms with Crippen LogP contribution in [0.15, 0.2) is 42.5 Å². The molecule has 5 heteroatoms. The summed E-state index contributed by atoms with van der Waals surface area (Å²) >= 11 is 0. The number of ketones is 1. The number of carbonyl (C=O) groups excluding carboxylic acids is 2. The quantitative estimate of drug-likeness (QED) is 0.604. The molecule has 1 atom stereocenters. The van der Waals surface area contributed by atoms with Crippen molar-refractivity contribution in [2.75, 3.05) is 13.1 Å². The standard InChI is InChI=1S/C19H23N3O2/c20-11-4-5-12-21-19(24)15-10-13-22-16(15)8-9-17(22)18(23)14-6-2-1-3-7-14/h1-3,6-9,15H,4-5,10-13,20H2,(H,21,24). The molecule has 0 spiro atoms. The molecular weight excluding hydrogens is 302 g/mol. The van der Waals surface area contributed by atoms with Crippen molar-refractivity contribution in [2.45, 2.75) is 31.7 Å². The second-order valence-corrected chi connectivity index (χ2v) is 6.12. The van der Waals surface area contributed by atoms with Crippen molar-refractivity contribution in [2.24, 2.45) is 5.73 Å². The van der Waals surface area contributed by atoms with Gasteiger partial charge in [0.2, 0.25) is 11.7 Å². The second-order valence-electron chi connectivity index (χ2n) is 6.12. The summed E-state index contributed by atoms with van der Waals surface area (Å²) in [4.78, 5) is 25.0. The van der Waals surface area contributed by atoms with Crippen LogP contribution in [0.2, 0.25) is 0 Å². The largest absolute Gasteiger partial charge is 0.356 e. The predicted molar refractivity (Wildman–Crippen MR) is 93.0 cm³/mol. The minimum Gasteiger partial charge on any atom is -0.356 e. The van der Waals surface area contributed by atoms with Crippen molar-refractivity contribution < 1.29 is 9.59 Å². The van der Waals surface area contributed by atoms with Crippen LogP contribution >= 0.6 is 0 Å². The Morgan fingerprint density at radius 1 is 1.12 bits per heavy atom. The number of nitrogens with two attached hydrogens (primary N) is 1. The van der Waals surface area contributed by atoms with Crippen LogP contribution in [0.4, 0.5) is 0 Å². The second kappa shape index (κ2) is 7.45. The Hall–Kier alpha value is -2.40. The topological polar surface area (TPSA) is 77.1 Å². The molecule has 0 saturated carbocycles. The molecular formula is C19H23N3O2. The molecule has 2 heterocycles. The van der Waals surface area contributed by atoms with Crippen molar-refractivity contribution in [3.8, 4) is 0 Å². The number of amides is 1. The van der Waals surface area contributed by atoms with E-state index in [1.165, 1.54) is 0 Å². The lowest BCUT2D eigenvalue weighted by Crippen LogP contribution is -2.29. The van der Waals surface area contributed by atoms with Crippen LogP contribution in [0.1, 0.15) is 46.9 Å². The van der Waals surface area contributed by atoms with Crippen molar-refractivity contribution in [1.29, 1.82) is 0 Å². The maximum Gasteiger partial charge on any atom is 0.229 e. The smallest absolute Gasteiger partial charge is 0.229 e. The van der Waals surface area contributed by atoms with Gasteiger partial charge in [0.25, 0.3) is 0 Å². The van der Waals surface area contributed by atoms with Crippen LogP contribution in [0, 0.1) is 0 Å². The number of nitrogens with zero attached hydrogens (tertiary/aromatic N) is 1. The van der Waals surface area contributed by atoms with Gasteiger partial charge in [0.15, 0.2) is 0 Å². The molecule has 0 saturated heterocycles. The van der Waals surface area contributed by atoms with Gasteiger partial charge in [0, 0.05) is 24.3 Å². The summed E-state index contributed by atoms with van der Waals surface area (Å²) in [5, 5.41) is 2.98. The Morgan fingerprint density at radius 3 is 2.67 bits per heavy atom. The van der Waals surface area contributed by atoms with Crippen molar-refractivity contribution >= 4 is 11.7 Å². The molecule has 5 nitrogen and oxygen atoms in total. The third kappa shape index (κ3) is 3.26. The van der Waals surface area contributed by atoms with E-state index < -0.39 is 0 Å². The highest BCUT2D eigenvalue weighted by atomic mass is 16.2. The van der Waals surface area contributed by atoms with E-state index in [9.17, 15) is 9.59 Å². The SMILES string of the molecule is NCCCCNC(=O)C1CCn2c(C(=O)c3ccccc3)ccc21. The zero-order chi connectivity index (χ0) is 16.9. The third-order valence-electron chi connectivity index (χ3n) is 4.53. The number of benzene rings is 1. The Kier molecular flexibility index (Phi) is 5.11. The number of rotatable bonds is 7. The maximum atomic E-state index is 12.7. The maximum absolute atomic E-state index is 12.7. The van der Waals surface area contributed by atoms with Gasteiger partial charge in [-0.25, -0.2) is 0 Å². The van der Waals surface area contributed by atoms with Gasteiger partial charge >= 0.3 is 0 Å². The molecule has 0 aliphatic carbocycles. The summed E-state index contributed by atoms with van der Waals surface area (Å²) < 4.78 is 1.99. The van der Waals surface area contributed by atoms with Gasteiger partial charge < -0.3 is 15.6 Å². The monoisotopic (exact) mass is 325 g/mol. The molecule has 1 unspecified atom stereocenters. The molecule has 0 fully saturated rings. The molecule has 1 aromatic carbocycles. The molecule has 24 heavy (non-hydrogen) atoms. The average molecular weight is 325 g/mol. The van der Waals surface area contributed by atoms with E-state index in [-0.39, 0.29) is 17.6 Å². The number of unbranched alkanes of at least 4 members (excludes halogenated alkanes) is 1. The Bertz CT molecular complexity index is 721. The van der Waals surface area contributed by atoms with Crippen LogP contribution in [0.25, 0.3) is 0 Å². The van der Waals surface area contributed by atoms with Crippen molar-refractivity contribution in [3.05, 3.63) is 59.4 Å². The summed E-state index contributed by atoms with van der Waals surface area (Å²) in [6.45, 7) is 2.01. The number of nitrogens with one attached hydrogen (secondary N) is 1. The minimum atomic E-state index is -0.166. The van der Waals surface area contributed by atoms with Crippen LogP contribution < -0.4 is 11.1 Å². The van der Waals surface area contributed by atoms with Gasteiger partial charge in [-0.15, -0.1) is 0 Å². The molecule has 3 N–H and O–H groups in total. The first-order valence-electron chi connectivity index (χ1n) is 8.49. The molecule has 0 radical (unpaired) electrons. The normalized spacial score (nSPS) is 16.0. The number of aromatic nitrogens is 1. The van der Waals surface area contributed by atoms with Crippen LogP contribution in [-0.4, -0.2) is 29.3 Å². The van der Waals surface area contributed by atoms with E-state index in [0.717, 1.165) is 25.0 Å².